The number of sulfonamides is 1. The Bertz CT molecular complexity index is 1450. The fourth-order valence-corrected chi connectivity index (χ4v) is 6.15. The highest BCUT2D eigenvalue weighted by Crippen LogP contribution is 2.28. The molecule has 7 nitrogen and oxygen atoms in total. The molecule has 3 rings (SSSR count). The Labute approximate surface area is 245 Å². The van der Waals surface area contributed by atoms with Crippen LogP contribution in [0.25, 0.3) is 0 Å². The van der Waals surface area contributed by atoms with Gasteiger partial charge in [0, 0.05) is 13.1 Å². The molecule has 0 saturated carbocycles. The van der Waals surface area contributed by atoms with Crippen LogP contribution in [-0.4, -0.2) is 44.3 Å². The van der Waals surface area contributed by atoms with Gasteiger partial charge in [0.1, 0.15) is 12.6 Å². The van der Waals surface area contributed by atoms with Crippen molar-refractivity contribution in [3.8, 4) is 0 Å². The van der Waals surface area contributed by atoms with Crippen molar-refractivity contribution in [2.45, 2.75) is 72.4 Å². The normalized spacial score (nSPS) is 12.2. The third kappa shape index (κ3) is 8.19. The van der Waals surface area contributed by atoms with Crippen molar-refractivity contribution in [2.75, 3.05) is 17.4 Å². The lowest BCUT2D eigenvalue weighted by Gasteiger charge is -2.33. The van der Waals surface area contributed by atoms with Crippen LogP contribution >= 0.6 is 0 Å². The van der Waals surface area contributed by atoms with Crippen LogP contribution in [0.4, 0.5) is 5.69 Å². The number of aryl methyl sites for hydroxylation is 4. The van der Waals surface area contributed by atoms with Gasteiger partial charge in [0.25, 0.3) is 10.0 Å². The second-order valence-corrected chi connectivity index (χ2v) is 13.0. The minimum atomic E-state index is -4.10. The number of nitrogens with one attached hydrogen (secondary N) is 1. The molecular weight excluding hydrogens is 534 g/mol. The number of hydrogen-bond donors (Lipinski definition) is 1. The topological polar surface area (TPSA) is 86.8 Å². The first-order valence-electron chi connectivity index (χ1n) is 14.1. The molecule has 0 aliphatic heterocycles. The highest BCUT2D eigenvalue weighted by molar-refractivity contribution is 7.92. The Kier molecular flexibility index (Phi) is 10.7. The highest BCUT2D eigenvalue weighted by atomic mass is 32.2. The summed E-state index contributed by atoms with van der Waals surface area (Å²) in [6.07, 6.45) is 0.385. The van der Waals surface area contributed by atoms with E-state index in [1.165, 1.54) is 9.21 Å². The minimum absolute atomic E-state index is 0.0997. The number of anilines is 1. The van der Waals surface area contributed by atoms with Crippen LogP contribution in [0.1, 0.15) is 55.0 Å². The van der Waals surface area contributed by atoms with E-state index in [1.807, 2.05) is 84.9 Å². The number of amides is 2. The van der Waals surface area contributed by atoms with Crippen molar-refractivity contribution in [3.63, 3.8) is 0 Å². The van der Waals surface area contributed by atoms with Crippen LogP contribution in [0, 0.1) is 33.6 Å². The number of carbonyl (C=O) groups excluding carboxylic acids is 2. The molecule has 0 aliphatic rings. The molecule has 0 bridgehead atoms. The number of carbonyl (C=O) groups is 2. The van der Waals surface area contributed by atoms with E-state index in [2.05, 4.69) is 5.32 Å². The molecule has 0 heterocycles. The first kappa shape index (κ1) is 31.9. The standard InChI is InChI=1S/C33H43N3O4S/c1-8-30(33(38)34-20-23(2)3)35(21-28-14-9-24(4)10-15-28)32(37)22-36(31-18-13-26(6)19-27(31)7)41(39,40)29-16-11-25(5)12-17-29/h9-19,23,30H,8,20-22H2,1-7H3,(H,34,38)/t30-/m1/s1. The molecule has 1 N–H and O–H groups in total. The molecule has 0 unspecified atom stereocenters. The Morgan fingerprint density at radius 3 is 1.93 bits per heavy atom. The van der Waals surface area contributed by atoms with Gasteiger partial charge in [0.05, 0.1) is 10.6 Å². The van der Waals surface area contributed by atoms with Gasteiger partial charge >= 0.3 is 0 Å². The summed E-state index contributed by atoms with van der Waals surface area (Å²) < 4.78 is 29.3. The second kappa shape index (κ2) is 13.8. The monoisotopic (exact) mass is 577 g/mol. The van der Waals surface area contributed by atoms with Crippen LogP contribution in [0.5, 0.6) is 0 Å². The van der Waals surface area contributed by atoms with Gasteiger partial charge in [-0.25, -0.2) is 8.42 Å². The van der Waals surface area contributed by atoms with E-state index in [0.717, 1.165) is 27.8 Å². The number of hydrogen-bond acceptors (Lipinski definition) is 4. The first-order valence-corrected chi connectivity index (χ1v) is 15.6. The van der Waals surface area contributed by atoms with Crippen LogP contribution in [-0.2, 0) is 26.2 Å². The lowest BCUT2D eigenvalue weighted by atomic mass is 10.1. The minimum Gasteiger partial charge on any atom is -0.354 e. The lowest BCUT2D eigenvalue weighted by molar-refractivity contribution is -0.140. The molecule has 1 atom stereocenters. The molecule has 41 heavy (non-hydrogen) atoms. The number of rotatable bonds is 12. The summed E-state index contributed by atoms with van der Waals surface area (Å²) in [6.45, 7) is 13.7. The van der Waals surface area contributed by atoms with Crippen LogP contribution in [0.15, 0.2) is 71.6 Å². The molecule has 3 aromatic rings. The van der Waals surface area contributed by atoms with E-state index in [0.29, 0.717) is 18.7 Å². The van der Waals surface area contributed by atoms with E-state index in [9.17, 15) is 18.0 Å². The van der Waals surface area contributed by atoms with Crippen LogP contribution in [0.3, 0.4) is 0 Å². The quantitative estimate of drug-likeness (QED) is 0.299. The Hall–Kier alpha value is -3.65. The molecule has 220 valence electrons. The predicted molar refractivity (Wildman–Crippen MR) is 165 cm³/mol. The van der Waals surface area contributed by atoms with Gasteiger partial charge in [-0.05, 0) is 69.4 Å². The molecule has 0 aromatic heterocycles. The van der Waals surface area contributed by atoms with Crippen molar-refractivity contribution in [2.24, 2.45) is 5.92 Å². The third-order valence-electron chi connectivity index (χ3n) is 7.05. The van der Waals surface area contributed by atoms with Crippen molar-refractivity contribution in [3.05, 3.63) is 94.5 Å². The largest absolute Gasteiger partial charge is 0.354 e. The van der Waals surface area contributed by atoms with Gasteiger partial charge in [0.15, 0.2) is 0 Å². The van der Waals surface area contributed by atoms with Crippen molar-refractivity contribution in [1.29, 1.82) is 0 Å². The first-order chi connectivity index (χ1) is 19.3. The highest BCUT2D eigenvalue weighted by Gasteiger charge is 2.34. The fraction of sp³-hybridized carbons (Fsp3) is 0.394. The van der Waals surface area contributed by atoms with Crippen molar-refractivity contribution >= 4 is 27.5 Å². The fourth-order valence-electron chi connectivity index (χ4n) is 4.67. The Morgan fingerprint density at radius 2 is 1.39 bits per heavy atom. The third-order valence-corrected chi connectivity index (χ3v) is 8.83. The lowest BCUT2D eigenvalue weighted by Crippen LogP contribution is -2.52. The SMILES string of the molecule is CC[C@H](C(=O)NCC(C)C)N(Cc1ccc(C)cc1)C(=O)CN(c1ccc(C)cc1C)S(=O)(=O)c1ccc(C)cc1. The summed E-state index contributed by atoms with van der Waals surface area (Å²) in [6, 6.07) is 19.1. The molecule has 0 radical (unpaired) electrons. The molecule has 0 saturated heterocycles. The van der Waals surface area contributed by atoms with Gasteiger partial charge < -0.3 is 10.2 Å². The number of benzene rings is 3. The van der Waals surface area contributed by atoms with Gasteiger partial charge in [-0.15, -0.1) is 0 Å². The maximum absolute atomic E-state index is 14.2. The average Bonchev–Trinajstić information content (AvgIpc) is 2.92. The molecule has 0 aliphatic carbocycles. The summed E-state index contributed by atoms with van der Waals surface area (Å²) in [7, 11) is -4.10. The molecule has 0 fully saturated rings. The molecule has 8 heteroatoms. The summed E-state index contributed by atoms with van der Waals surface area (Å²) in [4.78, 5) is 29.1. The zero-order valence-corrected chi connectivity index (χ0v) is 26.1. The van der Waals surface area contributed by atoms with E-state index >= 15 is 0 Å². The number of nitrogens with zero attached hydrogens (tertiary/aromatic N) is 2. The second-order valence-electron chi connectivity index (χ2n) is 11.2. The zero-order chi connectivity index (χ0) is 30.3. The Balaban J connectivity index is 2.07. The zero-order valence-electron chi connectivity index (χ0n) is 25.3. The van der Waals surface area contributed by atoms with Gasteiger partial charge in [-0.3, -0.25) is 13.9 Å². The van der Waals surface area contributed by atoms with Gasteiger partial charge in [0.2, 0.25) is 11.8 Å². The summed E-state index contributed by atoms with van der Waals surface area (Å²) in [5.41, 5.74) is 5.02. The van der Waals surface area contributed by atoms with E-state index in [1.54, 1.807) is 30.3 Å². The predicted octanol–water partition coefficient (Wildman–Crippen LogP) is 5.70. The van der Waals surface area contributed by atoms with E-state index in [4.69, 9.17) is 0 Å². The molecule has 2 amide bonds. The van der Waals surface area contributed by atoms with Crippen molar-refractivity contribution < 1.29 is 18.0 Å². The Morgan fingerprint density at radius 1 is 0.829 bits per heavy atom. The smallest absolute Gasteiger partial charge is 0.264 e. The maximum atomic E-state index is 14.2. The molecule has 0 spiro atoms. The molecule has 3 aromatic carbocycles. The summed E-state index contributed by atoms with van der Waals surface area (Å²) in [5.74, 6) is -0.453. The van der Waals surface area contributed by atoms with Crippen LogP contribution < -0.4 is 9.62 Å². The summed E-state index contributed by atoms with van der Waals surface area (Å²) >= 11 is 0. The molecular formula is C33H43N3O4S. The van der Waals surface area contributed by atoms with Gasteiger partial charge in [-0.1, -0.05) is 86.0 Å². The van der Waals surface area contributed by atoms with Crippen molar-refractivity contribution in [1.82, 2.24) is 10.2 Å². The van der Waals surface area contributed by atoms with Crippen LogP contribution in [0.2, 0.25) is 0 Å². The van der Waals surface area contributed by atoms with E-state index < -0.39 is 28.5 Å². The summed E-state index contributed by atoms with van der Waals surface area (Å²) in [5, 5.41) is 2.96. The average molecular weight is 578 g/mol. The van der Waals surface area contributed by atoms with E-state index in [-0.39, 0.29) is 23.3 Å². The van der Waals surface area contributed by atoms with Gasteiger partial charge in [-0.2, -0.15) is 0 Å². The maximum Gasteiger partial charge on any atom is 0.264 e.